The van der Waals surface area contributed by atoms with Crippen LogP contribution in [0.15, 0.2) is 0 Å². The molecule has 0 saturated carbocycles. The first-order chi connectivity index (χ1) is 7.49. The van der Waals surface area contributed by atoms with Crippen molar-refractivity contribution in [3.63, 3.8) is 0 Å². The Morgan fingerprint density at radius 3 is 2.38 bits per heavy atom. The molecule has 0 spiro atoms. The highest BCUT2D eigenvalue weighted by Crippen LogP contribution is 2.26. The maximum atomic E-state index is 11.2. The normalized spacial score (nSPS) is 16.8. The summed E-state index contributed by atoms with van der Waals surface area (Å²) in [4.78, 5) is 11.2. The number of carbonyl (C=O) groups excluding carboxylic acids is 1. The number of rotatable bonds is 9. The molecule has 3 N–H and O–H groups in total. The van der Waals surface area contributed by atoms with Gasteiger partial charge in [0.05, 0.1) is 0 Å². The first-order valence-electron chi connectivity index (χ1n) is 6.53. The molecule has 1 amide bonds. The lowest BCUT2D eigenvalue weighted by Crippen LogP contribution is -2.49. The lowest BCUT2D eigenvalue weighted by Gasteiger charge is -2.35. The number of amides is 1. The number of carbonyl (C=O) groups is 1. The van der Waals surface area contributed by atoms with E-state index in [9.17, 15) is 4.79 Å². The highest BCUT2D eigenvalue weighted by Gasteiger charge is 2.30. The first-order valence-corrected chi connectivity index (χ1v) is 6.53. The predicted octanol–water partition coefficient (Wildman–Crippen LogP) is 2.45. The van der Waals surface area contributed by atoms with E-state index in [1.807, 2.05) is 0 Å². The second-order valence-electron chi connectivity index (χ2n) is 4.92. The zero-order valence-electron chi connectivity index (χ0n) is 11.3. The van der Waals surface area contributed by atoms with Gasteiger partial charge in [0.25, 0.3) is 0 Å². The van der Waals surface area contributed by atoms with Crippen molar-refractivity contribution >= 4 is 5.91 Å². The quantitative estimate of drug-likeness (QED) is 0.637. The van der Waals surface area contributed by atoms with Gasteiger partial charge < -0.3 is 11.1 Å². The van der Waals surface area contributed by atoms with Crippen LogP contribution < -0.4 is 11.1 Å². The van der Waals surface area contributed by atoms with Gasteiger partial charge in [-0.1, -0.05) is 34.1 Å². The van der Waals surface area contributed by atoms with Crippen LogP contribution in [0.4, 0.5) is 0 Å². The average Bonchev–Trinajstić information content (AvgIpc) is 2.25. The van der Waals surface area contributed by atoms with Gasteiger partial charge >= 0.3 is 0 Å². The smallest absolute Gasteiger partial charge is 0.219 e. The molecule has 96 valence electrons. The van der Waals surface area contributed by atoms with Gasteiger partial charge in [-0.15, -0.1) is 0 Å². The highest BCUT2D eigenvalue weighted by atomic mass is 16.1. The molecule has 2 atom stereocenters. The summed E-state index contributed by atoms with van der Waals surface area (Å²) in [6.07, 6.45) is 4.67. The van der Waals surface area contributed by atoms with E-state index in [-0.39, 0.29) is 11.4 Å². The Balaban J connectivity index is 4.58. The van der Waals surface area contributed by atoms with Gasteiger partial charge in [0, 0.05) is 12.0 Å². The molecule has 0 rings (SSSR count). The van der Waals surface area contributed by atoms with Crippen molar-refractivity contribution in [3.05, 3.63) is 0 Å². The molecule has 0 aliphatic rings. The summed E-state index contributed by atoms with van der Waals surface area (Å²) in [6.45, 7) is 9.65. The van der Waals surface area contributed by atoms with E-state index in [2.05, 4.69) is 33.0 Å². The Hall–Kier alpha value is -0.570. The van der Waals surface area contributed by atoms with Crippen LogP contribution >= 0.6 is 0 Å². The van der Waals surface area contributed by atoms with Gasteiger partial charge in [-0.05, 0) is 31.7 Å². The zero-order chi connectivity index (χ0) is 12.6. The van der Waals surface area contributed by atoms with Crippen molar-refractivity contribution in [3.8, 4) is 0 Å². The van der Waals surface area contributed by atoms with Gasteiger partial charge in [0.1, 0.15) is 0 Å². The zero-order valence-corrected chi connectivity index (χ0v) is 11.3. The molecule has 0 aromatic carbocycles. The Labute approximate surface area is 100 Å². The fourth-order valence-electron chi connectivity index (χ4n) is 2.14. The summed E-state index contributed by atoms with van der Waals surface area (Å²) in [5, 5.41) is 3.53. The van der Waals surface area contributed by atoms with Crippen LogP contribution in [0.5, 0.6) is 0 Å². The number of nitrogens with two attached hydrogens (primary N) is 1. The standard InChI is InChI=1S/C13H28N2O/c1-5-8-15-13(7-3,10-12(14)16)9-11(4)6-2/h11,15H,5-10H2,1-4H3,(H2,14,16). The van der Waals surface area contributed by atoms with Crippen molar-refractivity contribution in [2.75, 3.05) is 6.54 Å². The van der Waals surface area contributed by atoms with E-state index in [4.69, 9.17) is 5.73 Å². The van der Waals surface area contributed by atoms with Crippen LogP contribution in [0.2, 0.25) is 0 Å². The van der Waals surface area contributed by atoms with Gasteiger partial charge in [-0.2, -0.15) is 0 Å². The lowest BCUT2D eigenvalue weighted by molar-refractivity contribution is -0.119. The molecule has 0 aromatic rings. The molecule has 0 heterocycles. The molecule has 0 aliphatic carbocycles. The molecule has 3 nitrogen and oxygen atoms in total. The van der Waals surface area contributed by atoms with Crippen molar-refractivity contribution in [1.82, 2.24) is 5.32 Å². The van der Waals surface area contributed by atoms with Crippen LogP contribution in [0, 0.1) is 5.92 Å². The minimum atomic E-state index is -0.200. The van der Waals surface area contributed by atoms with E-state index in [1.54, 1.807) is 0 Å². The minimum Gasteiger partial charge on any atom is -0.370 e. The molecule has 0 fully saturated rings. The second-order valence-corrected chi connectivity index (χ2v) is 4.92. The number of hydrogen-bond donors (Lipinski definition) is 2. The van der Waals surface area contributed by atoms with E-state index in [1.165, 1.54) is 0 Å². The summed E-state index contributed by atoms with van der Waals surface area (Å²) in [7, 11) is 0. The summed E-state index contributed by atoms with van der Waals surface area (Å²) >= 11 is 0. The topological polar surface area (TPSA) is 55.1 Å². The molecule has 0 aromatic heterocycles. The molecule has 0 radical (unpaired) electrons. The SMILES string of the molecule is CCCNC(CC)(CC(N)=O)CC(C)CC. The molecule has 16 heavy (non-hydrogen) atoms. The van der Waals surface area contributed by atoms with Crippen molar-refractivity contribution < 1.29 is 4.79 Å². The van der Waals surface area contributed by atoms with Gasteiger partial charge in [0.15, 0.2) is 0 Å². The van der Waals surface area contributed by atoms with Gasteiger partial charge in [-0.25, -0.2) is 0 Å². The third kappa shape index (κ3) is 5.50. The maximum absolute atomic E-state index is 11.2. The van der Waals surface area contributed by atoms with E-state index in [0.29, 0.717) is 12.3 Å². The minimum absolute atomic E-state index is 0.0860. The van der Waals surface area contributed by atoms with E-state index < -0.39 is 0 Å². The van der Waals surface area contributed by atoms with Crippen LogP contribution in [0.3, 0.4) is 0 Å². The van der Waals surface area contributed by atoms with Crippen LogP contribution in [-0.4, -0.2) is 18.0 Å². The fourth-order valence-corrected chi connectivity index (χ4v) is 2.14. The summed E-state index contributed by atoms with van der Waals surface area (Å²) in [6, 6.07) is 0. The van der Waals surface area contributed by atoms with E-state index >= 15 is 0 Å². The first kappa shape index (κ1) is 15.4. The van der Waals surface area contributed by atoms with Crippen LogP contribution in [0.1, 0.15) is 59.8 Å². The molecule has 0 bridgehead atoms. The Kier molecular flexibility index (Phi) is 7.39. The summed E-state index contributed by atoms with van der Waals surface area (Å²) in [5.41, 5.74) is 5.28. The van der Waals surface area contributed by atoms with Crippen molar-refractivity contribution in [2.24, 2.45) is 11.7 Å². The van der Waals surface area contributed by atoms with E-state index in [0.717, 1.165) is 32.2 Å². The Bertz CT molecular complexity index is 206. The highest BCUT2D eigenvalue weighted by molar-refractivity contribution is 5.75. The van der Waals surface area contributed by atoms with Gasteiger partial charge in [0.2, 0.25) is 5.91 Å². The summed E-state index contributed by atoms with van der Waals surface area (Å²) in [5.74, 6) is 0.428. The largest absolute Gasteiger partial charge is 0.370 e. The predicted molar refractivity (Wildman–Crippen MR) is 69.2 cm³/mol. The molecule has 2 unspecified atom stereocenters. The molecule has 3 heteroatoms. The van der Waals surface area contributed by atoms with Crippen LogP contribution in [0.25, 0.3) is 0 Å². The Morgan fingerprint density at radius 1 is 1.38 bits per heavy atom. The number of primary amides is 1. The number of nitrogens with one attached hydrogen (secondary N) is 1. The summed E-state index contributed by atoms with van der Waals surface area (Å²) < 4.78 is 0. The molecular weight excluding hydrogens is 200 g/mol. The van der Waals surface area contributed by atoms with Crippen LogP contribution in [-0.2, 0) is 4.79 Å². The number of hydrogen-bond acceptors (Lipinski definition) is 2. The molecule has 0 saturated heterocycles. The van der Waals surface area contributed by atoms with Gasteiger partial charge in [-0.3, -0.25) is 4.79 Å². The Morgan fingerprint density at radius 2 is 2.00 bits per heavy atom. The molecular formula is C13H28N2O. The fraction of sp³-hybridized carbons (Fsp3) is 0.923. The lowest BCUT2D eigenvalue weighted by atomic mass is 9.81. The van der Waals surface area contributed by atoms with Crippen molar-refractivity contribution in [2.45, 2.75) is 65.3 Å². The third-order valence-electron chi connectivity index (χ3n) is 3.38. The monoisotopic (exact) mass is 228 g/mol. The van der Waals surface area contributed by atoms with Crippen molar-refractivity contribution in [1.29, 1.82) is 0 Å². The maximum Gasteiger partial charge on any atom is 0.219 e. The average molecular weight is 228 g/mol. The third-order valence-corrected chi connectivity index (χ3v) is 3.38. The second kappa shape index (κ2) is 7.66. The molecule has 0 aliphatic heterocycles.